The second kappa shape index (κ2) is 8.88. The van der Waals surface area contributed by atoms with Gasteiger partial charge in [-0.15, -0.1) is 0 Å². The zero-order chi connectivity index (χ0) is 20.2. The van der Waals surface area contributed by atoms with Crippen molar-refractivity contribution in [3.63, 3.8) is 0 Å². The van der Waals surface area contributed by atoms with Crippen molar-refractivity contribution >= 4 is 5.91 Å². The minimum Gasteiger partial charge on any atom is -0.491 e. The number of hydrogen-bond donors (Lipinski definition) is 1. The second-order valence-electron chi connectivity index (χ2n) is 7.33. The first-order chi connectivity index (χ1) is 14.1. The Morgan fingerprint density at radius 2 is 1.97 bits per heavy atom. The molecule has 0 bridgehead atoms. The minimum atomic E-state index is -0.609. The van der Waals surface area contributed by atoms with Crippen molar-refractivity contribution in [1.82, 2.24) is 10.2 Å². The van der Waals surface area contributed by atoms with E-state index in [1.54, 1.807) is 12.1 Å². The molecule has 2 aliphatic rings. The molecule has 4 rings (SSSR count). The van der Waals surface area contributed by atoms with Crippen molar-refractivity contribution in [2.75, 3.05) is 32.9 Å². The lowest BCUT2D eigenvalue weighted by atomic mass is 10.0. The first-order valence-electron chi connectivity index (χ1n) is 9.92. The van der Waals surface area contributed by atoms with E-state index in [9.17, 15) is 13.6 Å². The van der Waals surface area contributed by atoms with Crippen LogP contribution in [0.15, 0.2) is 36.4 Å². The molecular formula is C22H24F2N2O3. The monoisotopic (exact) mass is 402 g/mol. The van der Waals surface area contributed by atoms with Gasteiger partial charge in [-0.3, -0.25) is 9.69 Å². The highest BCUT2D eigenvalue weighted by Gasteiger charge is 2.31. The Morgan fingerprint density at radius 1 is 1.07 bits per heavy atom. The average Bonchev–Trinajstić information content (AvgIpc) is 3.16. The van der Waals surface area contributed by atoms with Crippen molar-refractivity contribution in [1.29, 1.82) is 0 Å². The fourth-order valence-corrected chi connectivity index (χ4v) is 3.94. The van der Waals surface area contributed by atoms with Crippen molar-refractivity contribution in [2.24, 2.45) is 0 Å². The van der Waals surface area contributed by atoms with E-state index in [1.165, 1.54) is 12.1 Å². The summed E-state index contributed by atoms with van der Waals surface area (Å²) in [5.74, 6) is -0.524. The number of ether oxygens (including phenoxy) is 2. The van der Waals surface area contributed by atoms with Gasteiger partial charge in [0.1, 0.15) is 24.0 Å². The number of halogens is 2. The maximum atomic E-state index is 14.3. The summed E-state index contributed by atoms with van der Waals surface area (Å²) < 4.78 is 39.0. The summed E-state index contributed by atoms with van der Waals surface area (Å²) in [6, 6.07) is 8.80. The van der Waals surface area contributed by atoms with Gasteiger partial charge in [0.2, 0.25) is 5.91 Å². The predicted octanol–water partition coefficient (Wildman–Crippen LogP) is 3.12. The third-order valence-electron chi connectivity index (χ3n) is 5.37. The summed E-state index contributed by atoms with van der Waals surface area (Å²) in [4.78, 5) is 14.7. The zero-order valence-corrected chi connectivity index (χ0v) is 16.1. The van der Waals surface area contributed by atoms with Gasteiger partial charge in [0, 0.05) is 30.3 Å². The molecule has 2 aromatic carbocycles. The number of carbonyl (C=O) groups excluding carboxylic acids is 1. The molecule has 1 saturated heterocycles. The standard InChI is InChI=1S/C22H24F2N2O3/c23-17-4-5-18(19(24)13-17)15-3-6-21-16(12-15)14-26-8-1-2-20(26)22(27)25-7-9-28-10-11-29-21/h3-6,12-13,20H,1-2,7-11,14H2,(H,25,27)/t20-/m0/s1. The first-order valence-corrected chi connectivity index (χ1v) is 9.92. The van der Waals surface area contributed by atoms with Crippen LogP contribution in [0.1, 0.15) is 18.4 Å². The Balaban J connectivity index is 1.67. The van der Waals surface area contributed by atoms with Crippen molar-refractivity contribution in [2.45, 2.75) is 25.4 Å². The van der Waals surface area contributed by atoms with Crippen LogP contribution in [0.4, 0.5) is 8.78 Å². The maximum absolute atomic E-state index is 14.3. The average molecular weight is 402 g/mol. The molecule has 0 radical (unpaired) electrons. The summed E-state index contributed by atoms with van der Waals surface area (Å²) in [6.45, 7) is 3.04. The van der Waals surface area contributed by atoms with Crippen LogP contribution < -0.4 is 10.1 Å². The van der Waals surface area contributed by atoms with Crippen LogP contribution in [0.3, 0.4) is 0 Å². The van der Waals surface area contributed by atoms with Crippen LogP contribution in [0.25, 0.3) is 11.1 Å². The highest BCUT2D eigenvalue weighted by Crippen LogP contribution is 2.31. The Labute approximate surface area is 168 Å². The molecule has 0 aliphatic carbocycles. The van der Waals surface area contributed by atoms with E-state index in [2.05, 4.69) is 10.2 Å². The van der Waals surface area contributed by atoms with Crippen LogP contribution in [0.5, 0.6) is 5.75 Å². The normalized spacial score (nSPS) is 21.0. The Morgan fingerprint density at radius 3 is 2.83 bits per heavy atom. The van der Waals surface area contributed by atoms with Crippen LogP contribution in [-0.4, -0.2) is 49.8 Å². The Kier molecular flexibility index (Phi) is 6.06. The lowest BCUT2D eigenvalue weighted by Crippen LogP contribution is -2.43. The topological polar surface area (TPSA) is 50.8 Å². The summed E-state index contributed by atoms with van der Waals surface area (Å²) in [7, 11) is 0. The molecule has 2 aliphatic heterocycles. The number of nitrogens with zero attached hydrogens (tertiary/aromatic N) is 1. The maximum Gasteiger partial charge on any atom is 0.237 e. The molecule has 0 unspecified atom stereocenters. The third-order valence-corrected chi connectivity index (χ3v) is 5.37. The van der Waals surface area contributed by atoms with Gasteiger partial charge in [0.05, 0.1) is 19.3 Å². The van der Waals surface area contributed by atoms with Crippen LogP contribution in [-0.2, 0) is 16.1 Å². The Bertz CT molecular complexity index is 890. The van der Waals surface area contributed by atoms with Gasteiger partial charge in [-0.1, -0.05) is 6.07 Å². The molecule has 2 heterocycles. The van der Waals surface area contributed by atoms with E-state index in [0.29, 0.717) is 49.8 Å². The van der Waals surface area contributed by atoms with Crippen LogP contribution in [0, 0.1) is 11.6 Å². The SMILES string of the molecule is O=C1NCCOCCOc2ccc(-c3ccc(F)cc3F)cc2CN2CCC[C@@H]12. The van der Waals surface area contributed by atoms with E-state index < -0.39 is 11.6 Å². The van der Waals surface area contributed by atoms with Gasteiger partial charge in [0.25, 0.3) is 0 Å². The van der Waals surface area contributed by atoms with E-state index >= 15 is 0 Å². The summed E-state index contributed by atoms with van der Waals surface area (Å²) in [5.41, 5.74) is 1.84. The van der Waals surface area contributed by atoms with Gasteiger partial charge in [-0.2, -0.15) is 0 Å². The first kappa shape index (κ1) is 19.8. The Hall–Kier alpha value is -2.51. The second-order valence-corrected chi connectivity index (χ2v) is 7.33. The predicted molar refractivity (Wildman–Crippen MR) is 105 cm³/mol. The highest BCUT2D eigenvalue weighted by atomic mass is 19.1. The molecule has 154 valence electrons. The molecule has 0 spiro atoms. The quantitative estimate of drug-likeness (QED) is 0.797. The van der Waals surface area contributed by atoms with Gasteiger partial charge in [-0.05, 0) is 49.2 Å². The lowest BCUT2D eigenvalue weighted by Gasteiger charge is -2.25. The van der Waals surface area contributed by atoms with Gasteiger partial charge < -0.3 is 14.8 Å². The van der Waals surface area contributed by atoms with E-state index in [0.717, 1.165) is 31.0 Å². The fraction of sp³-hybridized carbons (Fsp3) is 0.409. The summed E-state index contributed by atoms with van der Waals surface area (Å²) >= 11 is 0. The van der Waals surface area contributed by atoms with Gasteiger partial charge in [0.15, 0.2) is 0 Å². The smallest absolute Gasteiger partial charge is 0.237 e. The summed E-state index contributed by atoms with van der Waals surface area (Å²) in [5, 5.41) is 2.93. The minimum absolute atomic E-state index is 0.00792. The van der Waals surface area contributed by atoms with Gasteiger partial charge >= 0.3 is 0 Å². The molecular weight excluding hydrogens is 378 g/mol. The van der Waals surface area contributed by atoms with Crippen LogP contribution >= 0.6 is 0 Å². The van der Waals surface area contributed by atoms with Crippen LogP contribution in [0.2, 0.25) is 0 Å². The third kappa shape index (κ3) is 4.57. The van der Waals surface area contributed by atoms with Crippen molar-refractivity contribution in [3.8, 4) is 16.9 Å². The van der Waals surface area contributed by atoms with Gasteiger partial charge in [-0.25, -0.2) is 8.78 Å². The molecule has 5 nitrogen and oxygen atoms in total. The highest BCUT2D eigenvalue weighted by molar-refractivity contribution is 5.82. The molecule has 1 fully saturated rings. The number of nitrogens with one attached hydrogen (secondary N) is 1. The molecule has 7 heteroatoms. The molecule has 1 atom stereocenters. The number of amides is 1. The fourth-order valence-electron chi connectivity index (χ4n) is 3.94. The number of benzene rings is 2. The number of carbonyl (C=O) groups is 1. The van der Waals surface area contributed by atoms with E-state index in [1.807, 2.05) is 6.07 Å². The molecule has 2 aromatic rings. The number of fused-ring (bicyclic) bond motifs is 2. The lowest BCUT2D eigenvalue weighted by molar-refractivity contribution is -0.125. The molecule has 29 heavy (non-hydrogen) atoms. The molecule has 1 N–H and O–H groups in total. The number of hydrogen-bond acceptors (Lipinski definition) is 4. The molecule has 1 amide bonds. The molecule has 0 aromatic heterocycles. The zero-order valence-electron chi connectivity index (χ0n) is 16.1. The largest absolute Gasteiger partial charge is 0.491 e. The molecule has 0 saturated carbocycles. The summed E-state index contributed by atoms with van der Waals surface area (Å²) in [6.07, 6.45) is 1.74. The number of rotatable bonds is 1. The van der Waals surface area contributed by atoms with E-state index in [-0.39, 0.29) is 11.9 Å². The van der Waals surface area contributed by atoms with Crippen molar-refractivity contribution in [3.05, 3.63) is 53.6 Å². The van der Waals surface area contributed by atoms with Crippen molar-refractivity contribution < 1.29 is 23.0 Å². The van der Waals surface area contributed by atoms with E-state index in [4.69, 9.17) is 9.47 Å².